The van der Waals surface area contributed by atoms with Gasteiger partial charge < -0.3 is 10.6 Å². The summed E-state index contributed by atoms with van der Waals surface area (Å²) in [6, 6.07) is 3.65. The summed E-state index contributed by atoms with van der Waals surface area (Å²) in [6.45, 7) is 3.88. The molecule has 144 valence electrons. The zero-order valence-electron chi connectivity index (χ0n) is 16.0. The number of fused-ring (bicyclic) bond motifs is 1. The first-order chi connectivity index (χ1) is 13.0. The quantitative estimate of drug-likeness (QED) is 0.869. The topological polar surface area (TPSA) is 88.4 Å². The minimum Gasteiger partial charge on any atom is -0.351 e. The van der Waals surface area contributed by atoms with Gasteiger partial charge in [-0.15, -0.1) is 0 Å². The highest BCUT2D eigenvalue weighted by Crippen LogP contribution is 2.30. The zero-order chi connectivity index (χ0) is 19.0. The number of carbonyl (C=O) groups is 2. The molecule has 7 nitrogen and oxygen atoms in total. The maximum absolute atomic E-state index is 12.9. The van der Waals surface area contributed by atoms with Crippen LogP contribution in [0.25, 0.3) is 5.65 Å². The number of carbonyl (C=O) groups excluding carboxylic acids is 2. The second-order valence-corrected chi connectivity index (χ2v) is 7.95. The number of amides is 2. The summed E-state index contributed by atoms with van der Waals surface area (Å²) in [5.41, 5.74) is 2.90. The average Bonchev–Trinajstić information content (AvgIpc) is 3.08. The lowest BCUT2D eigenvalue weighted by molar-refractivity contribution is -0.124. The van der Waals surface area contributed by atoms with Crippen molar-refractivity contribution in [3.05, 3.63) is 29.2 Å². The molecule has 1 saturated heterocycles. The van der Waals surface area contributed by atoms with Gasteiger partial charge in [0.2, 0.25) is 5.91 Å². The van der Waals surface area contributed by atoms with E-state index in [1.165, 1.54) is 19.3 Å². The van der Waals surface area contributed by atoms with Crippen molar-refractivity contribution in [1.29, 1.82) is 0 Å². The summed E-state index contributed by atoms with van der Waals surface area (Å²) in [4.78, 5) is 29.3. The van der Waals surface area contributed by atoms with Crippen LogP contribution in [0.3, 0.4) is 0 Å². The third-order valence-electron chi connectivity index (χ3n) is 5.88. The third-order valence-corrected chi connectivity index (χ3v) is 5.88. The first-order valence-corrected chi connectivity index (χ1v) is 9.95. The molecule has 1 aliphatic heterocycles. The lowest BCUT2D eigenvalue weighted by Gasteiger charge is -2.39. The molecule has 4 rings (SSSR count). The summed E-state index contributed by atoms with van der Waals surface area (Å²) in [6.07, 6.45) is 7.05. The first-order valence-electron chi connectivity index (χ1n) is 9.95. The lowest BCUT2D eigenvalue weighted by Crippen LogP contribution is -2.58. The van der Waals surface area contributed by atoms with Crippen molar-refractivity contribution in [2.45, 2.75) is 70.9 Å². The number of nitrogens with zero attached hydrogens (tertiary/aromatic N) is 3. The number of aromatic nitrogens is 3. The Balaban J connectivity index is 1.53. The summed E-state index contributed by atoms with van der Waals surface area (Å²) < 4.78 is 1.70. The fourth-order valence-electron chi connectivity index (χ4n) is 4.57. The van der Waals surface area contributed by atoms with Crippen molar-refractivity contribution in [3.8, 4) is 0 Å². The van der Waals surface area contributed by atoms with Crippen LogP contribution in [0.1, 0.15) is 66.8 Å². The third kappa shape index (κ3) is 3.68. The Morgan fingerprint density at radius 1 is 1.19 bits per heavy atom. The Kier molecular flexibility index (Phi) is 4.85. The zero-order valence-corrected chi connectivity index (χ0v) is 16.0. The summed E-state index contributed by atoms with van der Waals surface area (Å²) in [5, 5.41) is 10.7. The van der Waals surface area contributed by atoms with E-state index in [4.69, 9.17) is 0 Å². The predicted octanol–water partition coefficient (Wildman–Crippen LogP) is 2.30. The smallest absolute Gasteiger partial charge is 0.272 e. The molecule has 2 fully saturated rings. The minimum absolute atomic E-state index is 0.0228. The molecule has 3 heterocycles. The van der Waals surface area contributed by atoms with E-state index in [0.29, 0.717) is 30.1 Å². The van der Waals surface area contributed by atoms with Crippen LogP contribution in [0.4, 0.5) is 0 Å². The molecule has 7 heteroatoms. The monoisotopic (exact) mass is 369 g/mol. The van der Waals surface area contributed by atoms with E-state index in [1.807, 2.05) is 19.9 Å². The van der Waals surface area contributed by atoms with E-state index in [0.717, 1.165) is 24.2 Å². The van der Waals surface area contributed by atoms with Crippen LogP contribution in [-0.4, -0.2) is 38.5 Å². The molecule has 1 aliphatic carbocycles. The van der Waals surface area contributed by atoms with Gasteiger partial charge in [0.1, 0.15) is 0 Å². The maximum Gasteiger partial charge on any atom is 0.272 e. The highest BCUT2D eigenvalue weighted by atomic mass is 16.2. The van der Waals surface area contributed by atoms with Gasteiger partial charge >= 0.3 is 0 Å². The molecule has 0 bridgehead atoms. The molecular weight excluding hydrogens is 342 g/mol. The van der Waals surface area contributed by atoms with Gasteiger partial charge in [0.15, 0.2) is 11.3 Å². The standard InChI is InChI=1S/C20H27N5O2/c1-12-10-13(2)25-17(21-12)11-16(24-25)20(27)22-15-8-9-18(26)23-19(15)14-6-4-3-5-7-14/h10-11,14-15,19H,3-9H2,1-2H3,(H,22,27)(H,23,26). The Hall–Kier alpha value is -2.44. The highest BCUT2D eigenvalue weighted by Gasteiger charge is 2.36. The Morgan fingerprint density at radius 2 is 1.96 bits per heavy atom. The normalized spacial score (nSPS) is 24.0. The average molecular weight is 369 g/mol. The molecule has 27 heavy (non-hydrogen) atoms. The van der Waals surface area contributed by atoms with E-state index in [2.05, 4.69) is 20.7 Å². The van der Waals surface area contributed by atoms with Crippen molar-refractivity contribution in [2.24, 2.45) is 5.92 Å². The predicted molar refractivity (Wildman–Crippen MR) is 101 cm³/mol. The summed E-state index contributed by atoms with van der Waals surface area (Å²) in [5.74, 6) is 0.347. The number of aryl methyl sites for hydroxylation is 2. The van der Waals surface area contributed by atoms with Gasteiger partial charge in [-0.05, 0) is 45.1 Å². The van der Waals surface area contributed by atoms with Crippen molar-refractivity contribution in [2.75, 3.05) is 0 Å². The van der Waals surface area contributed by atoms with Crippen molar-refractivity contribution in [1.82, 2.24) is 25.2 Å². The minimum atomic E-state index is -0.195. The van der Waals surface area contributed by atoms with Crippen LogP contribution in [0, 0.1) is 19.8 Å². The summed E-state index contributed by atoms with van der Waals surface area (Å²) in [7, 11) is 0. The molecule has 2 amide bonds. The molecule has 0 radical (unpaired) electrons. The molecule has 2 aliphatic rings. The first kappa shape index (κ1) is 17.9. The second kappa shape index (κ2) is 7.29. The van der Waals surface area contributed by atoms with Crippen LogP contribution < -0.4 is 10.6 Å². The van der Waals surface area contributed by atoms with Crippen LogP contribution >= 0.6 is 0 Å². The van der Waals surface area contributed by atoms with E-state index in [1.54, 1.807) is 10.6 Å². The van der Waals surface area contributed by atoms with Crippen molar-refractivity contribution >= 4 is 17.5 Å². The Morgan fingerprint density at radius 3 is 2.74 bits per heavy atom. The lowest BCUT2D eigenvalue weighted by atomic mass is 9.78. The Bertz CT molecular complexity index is 869. The van der Waals surface area contributed by atoms with Crippen LogP contribution in [0.5, 0.6) is 0 Å². The number of rotatable bonds is 3. The van der Waals surface area contributed by atoms with Gasteiger partial charge in [0.25, 0.3) is 5.91 Å². The molecule has 2 atom stereocenters. The number of nitrogens with one attached hydrogen (secondary N) is 2. The van der Waals surface area contributed by atoms with Gasteiger partial charge in [-0.2, -0.15) is 5.10 Å². The molecule has 2 unspecified atom stereocenters. The van der Waals surface area contributed by atoms with Gasteiger partial charge in [-0.1, -0.05) is 19.3 Å². The van der Waals surface area contributed by atoms with Gasteiger partial charge in [0.05, 0.1) is 12.1 Å². The highest BCUT2D eigenvalue weighted by molar-refractivity contribution is 5.93. The SMILES string of the molecule is Cc1cc(C)n2nc(C(=O)NC3CCC(=O)NC3C3CCCCC3)cc2n1. The molecule has 0 spiro atoms. The van der Waals surface area contributed by atoms with Gasteiger partial charge in [-0.25, -0.2) is 9.50 Å². The van der Waals surface area contributed by atoms with E-state index >= 15 is 0 Å². The molecule has 2 aromatic heterocycles. The van der Waals surface area contributed by atoms with E-state index in [9.17, 15) is 9.59 Å². The fraction of sp³-hybridized carbons (Fsp3) is 0.600. The molecule has 0 aromatic carbocycles. The Labute approximate surface area is 158 Å². The maximum atomic E-state index is 12.9. The largest absolute Gasteiger partial charge is 0.351 e. The van der Waals surface area contributed by atoms with Crippen LogP contribution in [0.2, 0.25) is 0 Å². The van der Waals surface area contributed by atoms with Crippen molar-refractivity contribution in [3.63, 3.8) is 0 Å². The van der Waals surface area contributed by atoms with Crippen molar-refractivity contribution < 1.29 is 9.59 Å². The molecule has 2 N–H and O–H groups in total. The second-order valence-electron chi connectivity index (χ2n) is 7.95. The number of hydrogen-bond donors (Lipinski definition) is 2. The van der Waals surface area contributed by atoms with E-state index in [-0.39, 0.29) is 23.9 Å². The molecule has 2 aromatic rings. The van der Waals surface area contributed by atoms with Crippen LogP contribution in [-0.2, 0) is 4.79 Å². The number of piperidine rings is 1. The summed E-state index contributed by atoms with van der Waals surface area (Å²) >= 11 is 0. The van der Waals surface area contributed by atoms with Crippen LogP contribution in [0.15, 0.2) is 12.1 Å². The van der Waals surface area contributed by atoms with Gasteiger partial charge in [-0.3, -0.25) is 9.59 Å². The fourth-order valence-corrected chi connectivity index (χ4v) is 4.57. The van der Waals surface area contributed by atoms with Gasteiger partial charge in [0, 0.05) is 23.9 Å². The number of hydrogen-bond acceptors (Lipinski definition) is 4. The van der Waals surface area contributed by atoms with E-state index < -0.39 is 0 Å². The molecule has 1 saturated carbocycles. The molecular formula is C20H27N5O2.